The normalized spacial score (nSPS) is 20.1. The van der Waals surface area contributed by atoms with Crippen LogP contribution in [-0.2, 0) is 6.42 Å². The van der Waals surface area contributed by atoms with Crippen LogP contribution in [0.3, 0.4) is 0 Å². The monoisotopic (exact) mass is 176 g/mol. The minimum absolute atomic E-state index is 0.259. The molecule has 0 aromatic heterocycles. The molecule has 2 N–H and O–H groups in total. The summed E-state index contributed by atoms with van der Waals surface area (Å²) in [6, 6.07) is 6.67. The first kappa shape index (κ1) is 8.57. The van der Waals surface area contributed by atoms with Gasteiger partial charge in [0, 0.05) is 25.8 Å². The Morgan fingerprint density at radius 3 is 2.85 bits per heavy atom. The quantitative estimate of drug-likeness (QED) is 0.705. The van der Waals surface area contributed by atoms with Crippen LogP contribution in [0.1, 0.15) is 23.6 Å². The first-order chi connectivity index (χ1) is 6.20. The maximum absolute atomic E-state index is 6.00. The average molecular weight is 176 g/mol. The molecular formula is C11H16N2. The van der Waals surface area contributed by atoms with E-state index >= 15 is 0 Å². The summed E-state index contributed by atoms with van der Waals surface area (Å²) in [6.45, 7) is 0. The number of hydrogen-bond acceptors (Lipinski definition) is 2. The summed E-state index contributed by atoms with van der Waals surface area (Å²) in [5, 5.41) is 0. The molecule has 0 bridgehead atoms. The van der Waals surface area contributed by atoms with Crippen LogP contribution in [0.4, 0.5) is 5.69 Å². The van der Waals surface area contributed by atoms with Crippen molar-refractivity contribution in [2.24, 2.45) is 5.73 Å². The van der Waals surface area contributed by atoms with Crippen molar-refractivity contribution in [3.8, 4) is 0 Å². The van der Waals surface area contributed by atoms with Gasteiger partial charge in [0.1, 0.15) is 0 Å². The van der Waals surface area contributed by atoms with Crippen molar-refractivity contribution in [2.45, 2.75) is 18.9 Å². The van der Waals surface area contributed by atoms with Crippen LogP contribution in [0.15, 0.2) is 18.2 Å². The van der Waals surface area contributed by atoms with Gasteiger partial charge in [-0.05, 0) is 30.0 Å². The largest absolute Gasteiger partial charge is 0.377 e. The van der Waals surface area contributed by atoms with E-state index in [1.165, 1.54) is 16.8 Å². The average Bonchev–Trinajstić information content (AvgIpc) is 2.48. The Hall–Kier alpha value is -1.02. The van der Waals surface area contributed by atoms with E-state index in [1.54, 1.807) is 0 Å². The van der Waals surface area contributed by atoms with Gasteiger partial charge in [0.25, 0.3) is 0 Å². The fourth-order valence-electron chi connectivity index (χ4n) is 2.09. The number of fused-ring (bicyclic) bond motifs is 1. The summed E-state index contributed by atoms with van der Waals surface area (Å²) >= 11 is 0. The predicted molar refractivity (Wildman–Crippen MR) is 56.0 cm³/mol. The van der Waals surface area contributed by atoms with Gasteiger partial charge in [0.2, 0.25) is 0 Å². The first-order valence-electron chi connectivity index (χ1n) is 4.75. The van der Waals surface area contributed by atoms with Gasteiger partial charge < -0.3 is 10.6 Å². The number of nitrogens with two attached hydrogens (primary N) is 1. The number of nitrogens with zero attached hydrogens (tertiary/aromatic N) is 1. The lowest BCUT2D eigenvalue weighted by Gasteiger charge is -2.17. The van der Waals surface area contributed by atoms with Crippen molar-refractivity contribution in [3.05, 3.63) is 29.3 Å². The Kier molecular flexibility index (Phi) is 2.00. The molecule has 70 valence electrons. The van der Waals surface area contributed by atoms with Gasteiger partial charge in [-0.1, -0.05) is 12.1 Å². The zero-order chi connectivity index (χ0) is 9.42. The maximum Gasteiger partial charge on any atom is 0.0396 e. The zero-order valence-electron chi connectivity index (χ0n) is 8.25. The van der Waals surface area contributed by atoms with E-state index in [9.17, 15) is 0 Å². The summed E-state index contributed by atoms with van der Waals surface area (Å²) in [6.07, 6.45) is 2.23. The molecule has 2 rings (SSSR count). The molecule has 2 nitrogen and oxygen atoms in total. The minimum Gasteiger partial charge on any atom is -0.377 e. The Bertz CT molecular complexity index is 318. The van der Waals surface area contributed by atoms with Crippen molar-refractivity contribution in [1.82, 2.24) is 0 Å². The molecule has 1 aliphatic carbocycles. The van der Waals surface area contributed by atoms with Gasteiger partial charge in [0.05, 0.1) is 0 Å². The molecule has 0 saturated heterocycles. The molecule has 0 radical (unpaired) electrons. The maximum atomic E-state index is 6.00. The third kappa shape index (κ3) is 1.31. The molecule has 1 unspecified atom stereocenters. The summed E-state index contributed by atoms with van der Waals surface area (Å²) in [4.78, 5) is 2.16. The van der Waals surface area contributed by atoms with Crippen molar-refractivity contribution < 1.29 is 0 Å². The Labute approximate surface area is 79.4 Å². The standard InChI is InChI=1S/C11H16N2/c1-13(2)11-5-3-4-8-9(11)6-7-10(8)12/h3-5,10H,6-7,12H2,1-2H3. The highest BCUT2D eigenvalue weighted by molar-refractivity contribution is 5.58. The van der Waals surface area contributed by atoms with Gasteiger partial charge in [-0.15, -0.1) is 0 Å². The van der Waals surface area contributed by atoms with Gasteiger partial charge >= 0.3 is 0 Å². The van der Waals surface area contributed by atoms with Crippen LogP contribution < -0.4 is 10.6 Å². The third-order valence-electron chi connectivity index (χ3n) is 2.77. The SMILES string of the molecule is CN(C)c1cccc2c1CCC2N. The second-order valence-corrected chi connectivity index (χ2v) is 3.88. The van der Waals surface area contributed by atoms with Crippen LogP contribution in [0.25, 0.3) is 0 Å². The molecule has 2 heteroatoms. The van der Waals surface area contributed by atoms with E-state index in [0.717, 1.165) is 12.8 Å². The molecule has 0 fully saturated rings. The third-order valence-corrected chi connectivity index (χ3v) is 2.77. The van der Waals surface area contributed by atoms with Crippen molar-refractivity contribution >= 4 is 5.69 Å². The molecule has 0 amide bonds. The van der Waals surface area contributed by atoms with E-state index in [4.69, 9.17) is 5.73 Å². The van der Waals surface area contributed by atoms with Crippen LogP contribution >= 0.6 is 0 Å². The van der Waals surface area contributed by atoms with Crippen molar-refractivity contribution in [2.75, 3.05) is 19.0 Å². The highest BCUT2D eigenvalue weighted by Crippen LogP contribution is 2.34. The smallest absolute Gasteiger partial charge is 0.0396 e. The van der Waals surface area contributed by atoms with Crippen LogP contribution in [-0.4, -0.2) is 14.1 Å². The Balaban J connectivity index is 2.51. The highest BCUT2D eigenvalue weighted by Gasteiger charge is 2.21. The second kappa shape index (κ2) is 3.04. The number of hydrogen-bond donors (Lipinski definition) is 1. The molecule has 0 aliphatic heterocycles. The fourth-order valence-corrected chi connectivity index (χ4v) is 2.09. The summed E-state index contributed by atoms with van der Waals surface area (Å²) in [5.41, 5.74) is 10.1. The van der Waals surface area contributed by atoms with Crippen molar-refractivity contribution in [1.29, 1.82) is 0 Å². The predicted octanol–water partition coefficient (Wildman–Crippen LogP) is 1.70. The summed E-state index contributed by atoms with van der Waals surface area (Å²) < 4.78 is 0. The molecule has 13 heavy (non-hydrogen) atoms. The van der Waals surface area contributed by atoms with Gasteiger partial charge in [-0.2, -0.15) is 0 Å². The second-order valence-electron chi connectivity index (χ2n) is 3.88. The first-order valence-corrected chi connectivity index (χ1v) is 4.75. The topological polar surface area (TPSA) is 29.3 Å². The molecule has 0 spiro atoms. The van der Waals surface area contributed by atoms with E-state index in [2.05, 4.69) is 37.2 Å². The lowest BCUT2D eigenvalue weighted by Crippen LogP contribution is -2.11. The van der Waals surface area contributed by atoms with Crippen LogP contribution in [0, 0.1) is 0 Å². The fraction of sp³-hybridized carbons (Fsp3) is 0.455. The van der Waals surface area contributed by atoms with Gasteiger partial charge in [-0.3, -0.25) is 0 Å². The van der Waals surface area contributed by atoms with Crippen molar-refractivity contribution in [3.63, 3.8) is 0 Å². The lowest BCUT2D eigenvalue weighted by molar-refractivity contribution is 0.713. The van der Waals surface area contributed by atoms with E-state index in [0.29, 0.717) is 0 Å². The molecular weight excluding hydrogens is 160 g/mol. The zero-order valence-corrected chi connectivity index (χ0v) is 8.25. The highest BCUT2D eigenvalue weighted by atomic mass is 15.1. The van der Waals surface area contributed by atoms with E-state index in [-0.39, 0.29) is 6.04 Å². The van der Waals surface area contributed by atoms with Crippen LogP contribution in [0.5, 0.6) is 0 Å². The minimum atomic E-state index is 0.259. The molecule has 1 atom stereocenters. The molecule has 1 aromatic carbocycles. The Morgan fingerprint density at radius 2 is 2.15 bits per heavy atom. The molecule has 1 aliphatic rings. The molecule has 0 saturated carbocycles. The molecule has 1 aromatic rings. The summed E-state index contributed by atoms with van der Waals surface area (Å²) in [7, 11) is 4.17. The number of anilines is 1. The number of rotatable bonds is 1. The number of benzene rings is 1. The van der Waals surface area contributed by atoms with E-state index in [1.807, 2.05) is 0 Å². The lowest BCUT2D eigenvalue weighted by atomic mass is 10.1. The Morgan fingerprint density at radius 1 is 1.38 bits per heavy atom. The van der Waals surface area contributed by atoms with Gasteiger partial charge in [-0.25, -0.2) is 0 Å². The molecule has 0 heterocycles. The van der Waals surface area contributed by atoms with Crippen LogP contribution in [0.2, 0.25) is 0 Å². The van der Waals surface area contributed by atoms with E-state index < -0.39 is 0 Å². The summed E-state index contributed by atoms with van der Waals surface area (Å²) in [5.74, 6) is 0. The van der Waals surface area contributed by atoms with Gasteiger partial charge in [0.15, 0.2) is 0 Å².